The van der Waals surface area contributed by atoms with Crippen molar-refractivity contribution in [2.24, 2.45) is 7.05 Å². The molecule has 1 amide bonds. The molecule has 0 bridgehead atoms. The van der Waals surface area contributed by atoms with Crippen molar-refractivity contribution < 1.29 is 4.79 Å². The van der Waals surface area contributed by atoms with Crippen molar-refractivity contribution >= 4 is 5.91 Å². The summed E-state index contributed by atoms with van der Waals surface area (Å²) in [6.45, 7) is 7.60. The van der Waals surface area contributed by atoms with Crippen LogP contribution in [-0.2, 0) is 20.0 Å². The van der Waals surface area contributed by atoms with Gasteiger partial charge in [0.25, 0.3) is 5.91 Å². The standard InChI is InChI=1S/C12H20N4O/c1-12(2,3)14-11(17)10-8-7-13-6-5-9(8)16(4)15-10/h13H,5-7H2,1-4H3,(H,14,17). The molecule has 5 nitrogen and oxygen atoms in total. The van der Waals surface area contributed by atoms with E-state index in [1.807, 2.05) is 32.5 Å². The smallest absolute Gasteiger partial charge is 0.272 e. The SMILES string of the molecule is Cn1nc(C(=O)NC(C)(C)C)c2c1CCNC2. The van der Waals surface area contributed by atoms with Crippen LogP contribution < -0.4 is 10.6 Å². The maximum atomic E-state index is 12.1. The predicted molar refractivity (Wildman–Crippen MR) is 65.8 cm³/mol. The molecule has 0 radical (unpaired) electrons. The van der Waals surface area contributed by atoms with Crippen molar-refractivity contribution in [2.75, 3.05) is 6.54 Å². The van der Waals surface area contributed by atoms with E-state index in [2.05, 4.69) is 15.7 Å². The lowest BCUT2D eigenvalue weighted by molar-refractivity contribution is 0.0912. The Balaban J connectivity index is 2.30. The Hall–Kier alpha value is -1.36. The number of amides is 1. The number of hydrogen-bond donors (Lipinski definition) is 2. The molecular weight excluding hydrogens is 216 g/mol. The second-order valence-corrected chi connectivity index (χ2v) is 5.53. The van der Waals surface area contributed by atoms with Gasteiger partial charge in [-0.2, -0.15) is 5.10 Å². The lowest BCUT2D eigenvalue weighted by atomic mass is 10.0. The van der Waals surface area contributed by atoms with Gasteiger partial charge in [0.1, 0.15) is 0 Å². The zero-order chi connectivity index (χ0) is 12.6. The Morgan fingerprint density at radius 2 is 2.18 bits per heavy atom. The Morgan fingerprint density at radius 1 is 1.47 bits per heavy atom. The molecule has 0 saturated carbocycles. The molecule has 1 aromatic rings. The third-order valence-corrected chi connectivity index (χ3v) is 2.82. The average Bonchev–Trinajstić information content (AvgIpc) is 2.55. The minimum atomic E-state index is -0.233. The first kappa shape index (κ1) is 12.1. The highest BCUT2D eigenvalue weighted by atomic mass is 16.2. The van der Waals surface area contributed by atoms with Gasteiger partial charge in [-0.3, -0.25) is 9.48 Å². The number of fused-ring (bicyclic) bond motifs is 1. The summed E-state index contributed by atoms with van der Waals surface area (Å²) >= 11 is 0. The van der Waals surface area contributed by atoms with Crippen LogP contribution in [0.4, 0.5) is 0 Å². The number of hydrogen-bond acceptors (Lipinski definition) is 3. The van der Waals surface area contributed by atoms with E-state index in [0.29, 0.717) is 5.69 Å². The highest BCUT2D eigenvalue weighted by Crippen LogP contribution is 2.18. The van der Waals surface area contributed by atoms with Gasteiger partial charge in [-0.15, -0.1) is 0 Å². The van der Waals surface area contributed by atoms with E-state index < -0.39 is 0 Å². The molecule has 17 heavy (non-hydrogen) atoms. The zero-order valence-electron chi connectivity index (χ0n) is 10.9. The minimum Gasteiger partial charge on any atom is -0.346 e. The topological polar surface area (TPSA) is 59.0 Å². The molecule has 0 fully saturated rings. The molecule has 1 aromatic heterocycles. The summed E-state index contributed by atoms with van der Waals surface area (Å²) in [5.41, 5.74) is 2.54. The van der Waals surface area contributed by atoms with Crippen LogP contribution in [0.25, 0.3) is 0 Å². The van der Waals surface area contributed by atoms with E-state index in [4.69, 9.17) is 0 Å². The number of nitrogens with one attached hydrogen (secondary N) is 2. The maximum Gasteiger partial charge on any atom is 0.272 e. The second-order valence-electron chi connectivity index (χ2n) is 5.53. The fourth-order valence-corrected chi connectivity index (χ4v) is 2.10. The molecule has 0 unspecified atom stereocenters. The number of aromatic nitrogens is 2. The third kappa shape index (κ3) is 2.49. The molecule has 2 heterocycles. The number of rotatable bonds is 1. The van der Waals surface area contributed by atoms with Crippen LogP contribution in [0.15, 0.2) is 0 Å². The van der Waals surface area contributed by atoms with Crippen LogP contribution in [0.5, 0.6) is 0 Å². The first-order valence-corrected chi connectivity index (χ1v) is 5.96. The highest BCUT2D eigenvalue weighted by Gasteiger charge is 2.25. The van der Waals surface area contributed by atoms with Crippen molar-refractivity contribution in [3.05, 3.63) is 17.0 Å². The number of carbonyl (C=O) groups excluding carboxylic acids is 1. The Labute approximate surface area is 102 Å². The Bertz CT molecular complexity index is 442. The van der Waals surface area contributed by atoms with E-state index in [1.54, 1.807) is 0 Å². The normalized spacial score (nSPS) is 15.5. The lowest BCUT2D eigenvalue weighted by Gasteiger charge is -2.20. The van der Waals surface area contributed by atoms with Gasteiger partial charge in [0.2, 0.25) is 0 Å². The van der Waals surface area contributed by atoms with Gasteiger partial charge in [-0.1, -0.05) is 0 Å². The van der Waals surface area contributed by atoms with Gasteiger partial charge < -0.3 is 10.6 Å². The molecule has 1 aliphatic heterocycles. The summed E-state index contributed by atoms with van der Waals surface area (Å²) in [6, 6.07) is 0. The summed E-state index contributed by atoms with van der Waals surface area (Å²) in [5, 5.41) is 10.6. The van der Waals surface area contributed by atoms with E-state index in [0.717, 1.165) is 25.1 Å². The average molecular weight is 236 g/mol. The first-order valence-electron chi connectivity index (χ1n) is 5.96. The van der Waals surface area contributed by atoms with Gasteiger partial charge in [0.15, 0.2) is 5.69 Å². The second kappa shape index (κ2) is 4.14. The quantitative estimate of drug-likeness (QED) is 0.750. The molecule has 0 aromatic carbocycles. The molecule has 5 heteroatoms. The summed E-state index contributed by atoms with van der Waals surface area (Å²) in [5.74, 6) is -0.0851. The molecule has 1 aliphatic rings. The highest BCUT2D eigenvalue weighted by molar-refractivity contribution is 5.94. The Kier molecular flexibility index (Phi) is 2.95. The summed E-state index contributed by atoms with van der Waals surface area (Å²) in [4.78, 5) is 12.1. The van der Waals surface area contributed by atoms with Crippen LogP contribution in [-0.4, -0.2) is 27.8 Å². The first-order chi connectivity index (χ1) is 7.88. The zero-order valence-corrected chi connectivity index (χ0v) is 10.9. The van der Waals surface area contributed by atoms with Crippen molar-refractivity contribution in [1.82, 2.24) is 20.4 Å². The molecular formula is C12H20N4O. The van der Waals surface area contributed by atoms with Crippen molar-refractivity contribution in [2.45, 2.75) is 39.3 Å². The van der Waals surface area contributed by atoms with Crippen LogP contribution in [0, 0.1) is 0 Å². The number of aryl methyl sites for hydroxylation is 1. The van der Waals surface area contributed by atoms with Crippen molar-refractivity contribution in [3.63, 3.8) is 0 Å². The molecule has 0 aliphatic carbocycles. The van der Waals surface area contributed by atoms with Gasteiger partial charge in [-0.25, -0.2) is 0 Å². The van der Waals surface area contributed by atoms with Gasteiger partial charge >= 0.3 is 0 Å². The van der Waals surface area contributed by atoms with Gasteiger partial charge in [0, 0.05) is 43.4 Å². The van der Waals surface area contributed by atoms with Crippen LogP contribution >= 0.6 is 0 Å². The van der Waals surface area contributed by atoms with Crippen LogP contribution in [0.2, 0.25) is 0 Å². The third-order valence-electron chi connectivity index (χ3n) is 2.82. The lowest BCUT2D eigenvalue weighted by Crippen LogP contribution is -2.41. The molecule has 94 valence electrons. The molecule has 0 spiro atoms. The summed E-state index contributed by atoms with van der Waals surface area (Å²) in [7, 11) is 1.90. The Morgan fingerprint density at radius 3 is 2.82 bits per heavy atom. The molecule has 2 rings (SSSR count). The van der Waals surface area contributed by atoms with E-state index in [-0.39, 0.29) is 11.4 Å². The number of carbonyl (C=O) groups is 1. The van der Waals surface area contributed by atoms with Crippen molar-refractivity contribution in [1.29, 1.82) is 0 Å². The monoisotopic (exact) mass is 236 g/mol. The van der Waals surface area contributed by atoms with E-state index in [9.17, 15) is 4.79 Å². The summed E-state index contributed by atoms with van der Waals surface area (Å²) in [6.07, 6.45) is 0.932. The largest absolute Gasteiger partial charge is 0.346 e. The predicted octanol–water partition coefficient (Wildman–Crippen LogP) is 0.594. The fraction of sp³-hybridized carbons (Fsp3) is 0.667. The molecule has 2 N–H and O–H groups in total. The minimum absolute atomic E-state index is 0.0851. The van der Waals surface area contributed by atoms with Crippen LogP contribution in [0.3, 0.4) is 0 Å². The van der Waals surface area contributed by atoms with E-state index >= 15 is 0 Å². The maximum absolute atomic E-state index is 12.1. The van der Waals surface area contributed by atoms with Gasteiger partial charge in [-0.05, 0) is 20.8 Å². The van der Waals surface area contributed by atoms with E-state index in [1.165, 1.54) is 5.69 Å². The number of nitrogens with zero attached hydrogens (tertiary/aromatic N) is 2. The molecule has 0 atom stereocenters. The van der Waals surface area contributed by atoms with Crippen LogP contribution in [0.1, 0.15) is 42.5 Å². The van der Waals surface area contributed by atoms with Gasteiger partial charge in [0.05, 0.1) is 0 Å². The fourth-order valence-electron chi connectivity index (χ4n) is 2.10. The molecule has 0 saturated heterocycles. The summed E-state index contributed by atoms with van der Waals surface area (Å²) < 4.78 is 1.83. The van der Waals surface area contributed by atoms with Crippen molar-refractivity contribution in [3.8, 4) is 0 Å².